The van der Waals surface area contributed by atoms with Crippen molar-refractivity contribution >= 4 is 18.3 Å². The SMILES string of the molecule is CNCCC1CCN(C(=O)c2ccc(Oc3ccccc3)o2)CC1.Cl. The van der Waals surface area contributed by atoms with Crippen LogP contribution in [-0.4, -0.2) is 37.5 Å². The summed E-state index contributed by atoms with van der Waals surface area (Å²) < 4.78 is 11.2. The first-order valence-electron chi connectivity index (χ1n) is 8.53. The molecule has 1 aromatic heterocycles. The number of amides is 1. The first-order valence-corrected chi connectivity index (χ1v) is 8.53. The Kier molecular flexibility index (Phi) is 7.34. The average molecular weight is 365 g/mol. The molecule has 1 saturated heterocycles. The van der Waals surface area contributed by atoms with Crippen molar-refractivity contribution in [2.45, 2.75) is 19.3 Å². The van der Waals surface area contributed by atoms with Gasteiger partial charge < -0.3 is 19.4 Å². The van der Waals surface area contributed by atoms with Crippen molar-refractivity contribution in [1.82, 2.24) is 10.2 Å². The Labute approximate surface area is 154 Å². The standard InChI is InChI=1S/C19H24N2O3.ClH/c1-20-12-9-15-10-13-21(14-11-15)19(22)17-7-8-18(24-17)23-16-5-3-2-4-6-16;/h2-8,15,20H,9-14H2,1H3;1H. The van der Waals surface area contributed by atoms with E-state index in [0.717, 1.165) is 32.5 Å². The molecule has 1 aromatic carbocycles. The van der Waals surface area contributed by atoms with Crippen molar-refractivity contribution in [3.8, 4) is 11.7 Å². The summed E-state index contributed by atoms with van der Waals surface area (Å²) in [6, 6.07) is 12.8. The number of halogens is 1. The second kappa shape index (κ2) is 9.49. The lowest BCUT2D eigenvalue weighted by Gasteiger charge is -2.31. The van der Waals surface area contributed by atoms with Crippen LogP contribution < -0.4 is 10.1 Å². The summed E-state index contributed by atoms with van der Waals surface area (Å²) >= 11 is 0. The lowest BCUT2D eigenvalue weighted by atomic mass is 9.93. The van der Waals surface area contributed by atoms with E-state index in [4.69, 9.17) is 9.15 Å². The van der Waals surface area contributed by atoms with E-state index in [2.05, 4.69) is 5.32 Å². The van der Waals surface area contributed by atoms with Crippen molar-refractivity contribution in [3.63, 3.8) is 0 Å². The van der Waals surface area contributed by atoms with Crippen LogP contribution in [0.4, 0.5) is 0 Å². The summed E-state index contributed by atoms with van der Waals surface area (Å²) in [5.41, 5.74) is 0. The topological polar surface area (TPSA) is 54.7 Å². The van der Waals surface area contributed by atoms with E-state index >= 15 is 0 Å². The largest absolute Gasteiger partial charge is 0.426 e. The number of piperidine rings is 1. The number of nitrogens with zero attached hydrogens (tertiary/aromatic N) is 1. The molecule has 2 heterocycles. The van der Waals surface area contributed by atoms with Gasteiger partial charge >= 0.3 is 0 Å². The van der Waals surface area contributed by atoms with Crippen LogP contribution in [0.3, 0.4) is 0 Å². The highest BCUT2D eigenvalue weighted by atomic mass is 35.5. The minimum atomic E-state index is -0.0509. The third-order valence-electron chi connectivity index (χ3n) is 4.46. The molecule has 0 spiro atoms. The number of benzene rings is 1. The fourth-order valence-corrected chi connectivity index (χ4v) is 3.02. The van der Waals surface area contributed by atoms with Crippen molar-refractivity contribution < 1.29 is 13.9 Å². The zero-order chi connectivity index (χ0) is 16.8. The number of carbonyl (C=O) groups is 1. The van der Waals surface area contributed by atoms with Crippen LogP contribution in [0.15, 0.2) is 46.9 Å². The normalized spacial score (nSPS) is 14.8. The molecule has 0 radical (unpaired) electrons. The third-order valence-corrected chi connectivity index (χ3v) is 4.46. The Hall–Kier alpha value is -1.98. The van der Waals surface area contributed by atoms with E-state index in [1.54, 1.807) is 12.1 Å². The van der Waals surface area contributed by atoms with Crippen LogP contribution in [0.2, 0.25) is 0 Å². The van der Waals surface area contributed by atoms with Gasteiger partial charge in [-0.05, 0) is 57.0 Å². The number of hydrogen-bond acceptors (Lipinski definition) is 4. The zero-order valence-electron chi connectivity index (χ0n) is 14.4. The number of nitrogens with one attached hydrogen (secondary N) is 1. The summed E-state index contributed by atoms with van der Waals surface area (Å²) in [4.78, 5) is 14.4. The molecule has 2 aromatic rings. The van der Waals surface area contributed by atoms with E-state index in [1.807, 2.05) is 42.3 Å². The van der Waals surface area contributed by atoms with Crippen LogP contribution in [0.5, 0.6) is 11.7 Å². The van der Waals surface area contributed by atoms with Gasteiger partial charge in [0.15, 0.2) is 5.76 Å². The number of rotatable bonds is 6. The summed E-state index contributed by atoms with van der Waals surface area (Å²) in [6.45, 7) is 2.63. The van der Waals surface area contributed by atoms with E-state index in [0.29, 0.717) is 23.4 Å². The Morgan fingerprint density at radius 2 is 1.92 bits per heavy atom. The minimum Gasteiger partial charge on any atom is -0.426 e. The monoisotopic (exact) mass is 364 g/mol. The summed E-state index contributed by atoms with van der Waals surface area (Å²) in [5, 5.41) is 3.19. The lowest BCUT2D eigenvalue weighted by Crippen LogP contribution is -2.38. The Morgan fingerprint density at radius 3 is 2.60 bits per heavy atom. The number of furan rings is 1. The summed E-state index contributed by atoms with van der Waals surface area (Å²) in [7, 11) is 1.98. The van der Waals surface area contributed by atoms with Gasteiger partial charge in [0.1, 0.15) is 5.75 Å². The molecule has 0 unspecified atom stereocenters. The molecule has 25 heavy (non-hydrogen) atoms. The second-order valence-electron chi connectivity index (χ2n) is 6.16. The first kappa shape index (κ1) is 19.3. The first-order chi connectivity index (χ1) is 11.8. The molecular formula is C19H25ClN2O3. The van der Waals surface area contributed by atoms with Crippen LogP contribution in [0.25, 0.3) is 0 Å². The number of para-hydroxylation sites is 1. The van der Waals surface area contributed by atoms with Crippen molar-refractivity contribution in [3.05, 3.63) is 48.2 Å². The molecule has 0 saturated carbocycles. The van der Waals surface area contributed by atoms with Gasteiger partial charge in [-0.2, -0.15) is 0 Å². The Morgan fingerprint density at radius 1 is 1.20 bits per heavy atom. The predicted octanol–water partition coefficient (Wildman–Crippen LogP) is 3.96. The van der Waals surface area contributed by atoms with Crippen LogP contribution >= 0.6 is 12.4 Å². The number of ether oxygens (including phenoxy) is 1. The molecule has 1 N–H and O–H groups in total. The van der Waals surface area contributed by atoms with E-state index in [9.17, 15) is 4.79 Å². The highest BCUT2D eigenvalue weighted by molar-refractivity contribution is 5.91. The number of carbonyl (C=O) groups excluding carboxylic acids is 1. The molecule has 0 aliphatic carbocycles. The number of hydrogen-bond donors (Lipinski definition) is 1. The molecule has 5 nitrogen and oxygen atoms in total. The van der Waals surface area contributed by atoms with E-state index < -0.39 is 0 Å². The van der Waals surface area contributed by atoms with Gasteiger partial charge in [0.2, 0.25) is 0 Å². The minimum absolute atomic E-state index is 0. The van der Waals surface area contributed by atoms with Crippen molar-refractivity contribution in [2.24, 2.45) is 5.92 Å². The Balaban J connectivity index is 0.00000225. The molecule has 3 rings (SSSR count). The van der Waals surface area contributed by atoms with Gasteiger partial charge in [-0.3, -0.25) is 4.79 Å². The second-order valence-corrected chi connectivity index (χ2v) is 6.16. The molecule has 1 aliphatic heterocycles. The molecular weight excluding hydrogens is 340 g/mol. The molecule has 1 fully saturated rings. The van der Waals surface area contributed by atoms with E-state index in [1.165, 1.54) is 6.42 Å². The molecule has 1 amide bonds. The summed E-state index contributed by atoms with van der Waals surface area (Å²) in [5.74, 6) is 2.03. The molecule has 1 aliphatic rings. The number of likely N-dealkylation sites (tertiary alicyclic amines) is 1. The van der Waals surface area contributed by atoms with Gasteiger partial charge in [0.05, 0.1) is 0 Å². The quantitative estimate of drug-likeness (QED) is 0.843. The van der Waals surface area contributed by atoms with Crippen LogP contribution in [-0.2, 0) is 0 Å². The fraction of sp³-hybridized carbons (Fsp3) is 0.421. The van der Waals surface area contributed by atoms with Gasteiger partial charge in [0.25, 0.3) is 11.9 Å². The van der Waals surface area contributed by atoms with Crippen molar-refractivity contribution in [2.75, 3.05) is 26.7 Å². The van der Waals surface area contributed by atoms with Crippen molar-refractivity contribution in [1.29, 1.82) is 0 Å². The maximum Gasteiger partial charge on any atom is 0.290 e. The Bertz CT molecular complexity index is 652. The summed E-state index contributed by atoms with van der Waals surface area (Å²) in [6.07, 6.45) is 3.29. The molecule has 0 bridgehead atoms. The van der Waals surface area contributed by atoms with Gasteiger partial charge in [-0.25, -0.2) is 0 Å². The highest BCUT2D eigenvalue weighted by Gasteiger charge is 2.25. The zero-order valence-corrected chi connectivity index (χ0v) is 15.3. The fourth-order valence-electron chi connectivity index (χ4n) is 3.02. The van der Waals surface area contributed by atoms with E-state index in [-0.39, 0.29) is 18.3 Å². The van der Waals surface area contributed by atoms with Crippen LogP contribution in [0.1, 0.15) is 29.8 Å². The smallest absolute Gasteiger partial charge is 0.290 e. The maximum atomic E-state index is 12.6. The van der Waals surface area contributed by atoms with Gasteiger partial charge in [-0.15, -0.1) is 12.4 Å². The maximum absolute atomic E-state index is 12.6. The van der Waals surface area contributed by atoms with Gasteiger partial charge in [0, 0.05) is 19.2 Å². The highest BCUT2D eigenvalue weighted by Crippen LogP contribution is 2.26. The molecule has 6 heteroatoms. The lowest BCUT2D eigenvalue weighted by molar-refractivity contribution is 0.0650. The molecule has 0 atom stereocenters. The third kappa shape index (κ3) is 5.25. The average Bonchev–Trinajstić information content (AvgIpc) is 3.09. The van der Waals surface area contributed by atoms with Gasteiger partial charge in [-0.1, -0.05) is 18.2 Å². The molecule has 136 valence electrons. The van der Waals surface area contributed by atoms with Crippen LogP contribution in [0, 0.1) is 5.92 Å². The predicted molar refractivity (Wildman–Crippen MR) is 99.6 cm³/mol.